The highest BCUT2D eigenvalue weighted by molar-refractivity contribution is 5.29. The number of hydrogen-bond acceptors (Lipinski definition) is 1. The molecule has 0 atom stereocenters. The van der Waals surface area contributed by atoms with E-state index in [1.807, 2.05) is 44.2 Å². The maximum absolute atomic E-state index is 8.84. The van der Waals surface area contributed by atoms with Crippen LogP contribution >= 0.6 is 0 Å². The summed E-state index contributed by atoms with van der Waals surface area (Å²) < 4.78 is 0. The van der Waals surface area contributed by atoms with E-state index in [9.17, 15) is 0 Å². The van der Waals surface area contributed by atoms with Crippen molar-refractivity contribution in [3.05, 3.63) is 70.8 Å². The second-order valence-corrected chi connectivity index (χ2v) is 4.24. The first kappa shape index (κ1) is 13.5. The second-order valence-electron chi connectivity index (χ2n) is 4.24. The second kappa shape index (κ2) is 6.87. The van der Waals surface area contributed by atoms with E-state index in [1.54, 1.807) is 0 Å². The Kier molecular flexibility index (Phi) is 5.44. The van der Waals surface area contributed by atoms with Gasteiger partial charge in [-0.1, -0.05) is 59.7 Å². The summed E-state index contributed by atoms with van der Waals surface area (Å²) in [6.07, 6.45) is 0. The Morgan fingerprint density at radius 1 is 0.824 bits per heavy atom. The van der Waals surface area contributed by atoms with E-state index in [1.165, 1.54) is 11.1 Å². The molecule has 2 aromatic carbocycles. The smallest absolute Gasteiger partial charge is 0.0684 e. The fourth-order valence-corrected chi connectivity index (χ4v) is 1.50. The third-order valence-electron chi connectivity index (χ3n) is 2.62. The lowest BCUT2D eigenvalue weighted by atomic mass is 10.1. The number of hydrogen-bond donors (Lipinski definition) is 1. The van der Waals surface area contributed by atoms with Gasteiger partial charge in [0.05, 0.1) is 6.61 Å². The molecule has 90 valence electrons. The molecule has 2 rings (SSSR count). The van der Waals surface area contributed by atoms with Crippen molar-refractivity contribution < 1.29 is 5.11 Å². The summed E-state index contributed by atoms with van der Waals surface area (Å²) in [7, 11) is 0. The number of aryl methyl sites for hydroxylation is 3. The van der Waals surface area contributed by atoms with Gasteiger partial charge >= 0.3 is 0 Å². The molecule has 0 saturated heterocycles. The van der Waals surface area contributed by atoms with Gasteiger partial charge in [-0.3, -0.25) is 0 Å². The van der Waals surface area contributed by atoms with Crippen LogP contribution in [0, 0.1) is 20.8 Å². The molecule has 2 aromatic rings. The molecule has 0 saturated carbocycles. The van der Waals surface area contributed by atoms with Crippen molar-refractivity contribution in [2.45, 2.75) is 27.4 Å². The molecule has 0 aliphatic rings. The zero-order valence-corrected chi connectivity index (χ0v) is 10.8. The highest BCUT2D eigenvalue weighted by Gasteiger charge is 1.94. The molecule has 0 fully saturated rings. The van der Waals surface area contributed by atoms with Gasteiger partial charge in [0.2, 0.25) is 0 Å². The Morgan fingerprint density at radius 3 is 1.88 bits per heavy atom. The summed E-state index contributed by atoms with van der Waals surface area (Å²) in [6, 6.07) is 16.3. The van der Waals surface area contributed by atoms with Gasteiger partial charge in [0.25, 0.3) is 0 Å². The van der Waals surface area contributed by atoms with Gasteiger partial charge < -0.3 is 5.11 Å². The van der Waals surface area contributed by atoms with Crippen LogP contribution in [0.2, 0.25) is 0 Å². The predicted molar refractivity (Wildman–Crippen MR) is 73.0 cm³/mol. The Labute approximate surface area is 104 Å². The minimum atomic E-state index is 0.146. The molecule has 0 bridgehead atoms. The fourth-order valence-electron chi connectivity index (χ4n) is 1.50. The monoisotopic (exact) mass is 228 g/mol. The van der Waals surface area contributed by atoms with Gasteiger partial charge in [-0.2, -0.15) is 0 Å². The summed E-state index contributed by atoms with van der Waals surface area (Å²) >= 11 is 0. The summed E-state index contributed by atoms with van der Waals surface area (Å²) in [5, 5.41) is 8.84. The molecule has 0 radical (unpaired) electrons. The molecule has 1 N–H and O–H groups in total. The van der Waals surface area contributed by atoms with E-state index < -0.39 is 0 Å². The van der Waals surface area contributed by atoms with Crippen molar-refractivity contribution in [2.75, 3.05) is 0 Å². The van der Waals surface area contributed by atoms with Gasteiger partial charge in [-0.25, -0.2) is 0 Å². The Bertz CT molecular complexity index is 446. The summed E-state index contributed by atoms with van der Waals surface area (Å²) in [5.74, 6) is 0. The lowest BCUT2D eigenvalue weighted by Gasteiger charge is -2.01. The van der Waals surface area contributed by atoms with E-state index in [0.29, 0.717) is 0 Å². The van der Waals surface area contributed by atoms with Crippen LogP contribution in [0.3, 0.4) is 0 Å². The van der Waals surface area contributed by atoms with Gasteiger partial charge in [-0.05, 0) is 31.9 Å². The molecule has 0 aromatic heterocycles. The van der Waals surface area contributed by atoms with E-state index in [4.69, 9.17) is 5.11 Å². The maximum Gasteiger partial charge on any atom is 0.0684 e. The predicted octanol–water partition coefficient (Wildman–Crippen LogP) is 3.79. The molecule has 0 amide bonds. The van der Waals surface area contributed by atoms with Gasteiger partial charge in [0, 0.05) is 0 Å². The molecule has 1 nitrogen and oxygen atoms in total. The molecule has 0 spiro atoms. The lowest BCUT2D eigenvalue weighted by Crippen LogP contribution is -1.88. The molecule has 0 aliphatic heterocycles. The van der Waals surface area contributed by atoms with Crippen molar-refractivity contribution >= 4 is 0 Å². The summed E-state index contributed by atoms with van der Waals surface area (Å²) in [6.45, 7) is 6.26. The molecule has 0 unspecified atom stereocenters. The first-order valence-corrected chi connectivity index (χ1v) is 5.82. The van der Waals surface area contributed by atoms with Crippen LogP contribution in [0.15, 0.2) is 48.5 Å². The van der Waals surface area contributed by atoms with Crippen LogP contribution in [0.4, 0.5) is 0 Å². The average Bonchev–Trinajstić information content (AvgIpc) is 2.34. The van der Waals surface area contributed by atoms with Crippen LogP contribution < -0.4 is 0 Å². The topological polar surface area (TPSA) is 20.2 Å². The zero-order valence-electron chi connectivity index (χ0n) is 10.8. The van der Waals surface area contributed by atoms with Crippen molar-refractivity contribution in [3.63, 3.8) is 0 Å². The largest absolute Gasteiger partial charge is 0.392 e. The quantitative estimate of drug-likeness (QED) is 0.787. The van der Waals surface area contributed by atoms with Crippen molar-refractivity contribution in [1.82, 2.24) is 0 Å². The maximum atomic E-state index is 8.84. The van der Waals surface area contributed by atoms with Gasteiger partial charge in [0.1, 0.15) is 0 Å². The molecule has 17 heavy (non-hydrogen) atoms. The molecule has 1 heteroatoms. The molecule has 0 aliphatic carbocycles. The van der Waals surface area contributed by atoms with Crippen LogP contribution in [0.5, 0.6) is 0 Å². The van der Waals surface area contributed by atoms with Gasteiger partial charge in [-0.15, -0.1) is 0 Å². The SMILES string of the molecule is Cc1ccc(C)c(CO)c1.Cc1ccccc1. The third-order valence-corrected chi connectivity index (χ3v) is 2.62. The average molecular weight is 228 g/mol. The van der Waals surface area contributed by atoms with Crippen molar-refractivity contribution in [2.24, 2.45) is 0 Å². The van der Waals surface area contributed by atoms with E-state index in [-0.39, 0.29) is 6.61 Å². The van der Waals surface area contributed by atoms with Gasteiger partial charge in [0.15, 0.2) is 0 Å². The van der Waals surface area contributed by atoms with E-state index in [2.05, 4.69) is 25.1 Å². The van der Waals surface area contributed by atoms with Crippen LogP contribution in [-0.4, -0.2) is 5.11 Å². The van der Waals surface area contributed by atoms with Crippen LogP contribution in [0.25, 0.3) is 0 Å². The number of aliphatic hydroxyl groups excluding tert-OH is 1. The normalized spacial score (nSPS) is 9.41. The summed E-state index contributed by atoms with van der Waals surface area (Å²) in [4.78, 5) is 0. The van der Waals surface area contributed by atoms with Crippen LogP contribution in [0.1, 0.15) is 22.3 Å². The minimum absolute atomic E-state index is 0.146. The van der Waals surface area contributed by atoms with Crippen molar-refractivity contribution in [1.29, 1.82) is 0 Å². The lowest BCUT2D eigenvalue weighted by molar-refractivity contribution is 0.281. The Morgan fingerprint density at radius 2 is 1.47 bits per heavy atom. The summed E-state index contributed by atoms with van der Waals surface area (Å²) in [5.41, 5.74) is 4.71. The van der Waals surface area contributed by atoms with E-state index >= 15 is 0 Å². The van der Waals surface area contributed by atoms with Crippen LogP contribution in [-0.2, 0) is 6.61 Å². The zero-order chi connectivity index (χ0) is 12.7. The van der Waals surface area contributed by atoms with Crippen molar-refractivity contribution in [3.8, 4) is 0 Å². The Balaban J connectivity index is 0.000000181. The Hall–Kier alpha value is -1.60. The standard InChI is InChI=1S/C9H12O.C7H8/c1-7-3-4-8(2)9(5-7)6-10;1-7-5-3-2-4-6-7/h3-5,10H,6H2,1-2H3;2-6H,1H3. The first-order chi connectivity index (χ1) is 8.13. The minimum Gasteiger partial charge on any atom is -0.392 e. The fraction of sp³-hybridized carbons (Fsp3) is 0.250. The third kappa shape index (κ3) is 4.83. The van der Waals surface area contributed by atoms with E-state index in [0.717, 1.165) is 11.1 Å². The number of benzene rings is 2. The highest BCUT2D eigenvalue weighted by atomic mass is 16.3. The number of rotatable bonds is 1. The molecular weight excluding hydrogens is 208 g/mol. The molecular formula is C16H20O. The first-order valence-electron chi connectivity index (χ1n) is 5.82. The molecule has 0 heterocycles. The number of aliphatic hydroxyl groups is 1. The highest BCUT2D eigenvalue weighted by Crippen LogP contribution is 2.09.